The van der Waals surface area contributed by atoms with E-state index in [2.05, 4.69) is 13.8 Å². The molecule has 2 aromatic carbocycles. The van der Waals surface area contributed by atoms with Crippen LogP contribution < -0.4 is 0 Å². The maximum Gasteiger partial charge on any atom is 0.310 e. The fourth-order valence-corrected chi connectivity index (χ4v) is 4.31. The predicted molar refractivity (Wildman–Crippen MR) is 108 cm³/mol. The highest BCUT2D eigenvalue weighted by atomic mass is 16.5. The van der Waals surface area contributed by atoms with Gasteiger partial charge in [-0.3, -0.25) is 9.59 Å². The molecule has 0 radical (unpaired) electrons. The van der Waals surface area contributed by atoms with Crippen LogP contribution in [0.15, 0.2) is 47.1 Å². The first-order valence-corrected chi connectivity index (χ1v) is 9.82. The van der Waals surface area contributed by atoms with Gasteiger partial charge in [-0.15, -0.1) is 0 Å². The summed E-state index contributed by atoms with van der Waals surface area (Å²) in [6.45, 7) is 5.57. The molecule has 1 fully saturated rings. The number of nitrogens with zero attached hydrogens (tertiary/aromatic N) is 1. The Morgan fingerprint density at radius 1 is 1.11 bits per heavy atom. The molecular weight excluding hydrogens is 354 g/mol. The molecule has 1 aliphatic heterocycles. The Kier molecular flexibility index (Phi) is 5.07. The van der Waals surface area contributed by atoms with Gasteiger partial charge in [0.15, 0.2) is 6.61 Å². The number of ether oxygens (including phenoxy) is 1. The van der Waals surface area contributed by atoms with Crippen molar-refractivity contribution in [1.29, 1.82) is 0 Å². The number of piperidine rings is 1. The molecule has 0 spiro atoms. The van der Waals surface area contributed by atoms with Crippen LogP contribution in [-0.2, 0) is 20.7 Å². The van der Waals surface area contributed by atoms with Crippen LogP contribution >= 0.6 is 0 Å². The molecule has 0 bridgehead atoms. The molecular formula is C23H25NO4. The van der Waals surface area contributed by atoms with Gasteiger partial charge >= 0.3 is 5.97 Å². The van der Waals surface area contributed by atoms with E-state index in [0.29, 0.717) is 11.8 Å². The van der Waals surface area contributed by atoms with Crippen molar-refractivity contribution >= 4 is 33.6 Å². The Balaban J connectivity index is 1.43. The molecule has 0 unspecified atom stereocenters. The first-order valence-electron chi connectivity index (χ1n) is 9.82. The first-order chi connectivity index (χ1) is 13.5. The average molecular weight is 379 g/mol. The summed E-state index contributed by atoms with van der Waals surface area (Å²) in [6, 6.07) is 11.9. The lowest BCUT2D eigenvalue weighted by atomic mass is 9.92. The van der Waals surface area contributed by atoms with Gasteiger partial charge in [0.25, 0.3) is 5.91 Å². The van der Waals surface area contributed by atoms with Gasteiger partial charge in [0.05, 0.1) is 12.7 Å². The van der Waals surface area contributed by atoms with Crippen LogP contribution in [0.2, 0.25) is 0 Å². The molecule has 1 aromatic heterocycles. The first kappa shape index (κ1) is 18.5. The number of benzene rings is 2. The second-order valence-corrected chi connectivity index (χ2v) is 8.00. The summed E-state index contributed by atoms with van der Waals surface area (Å²) in [5.74, 6) is 0.430. The number of carbonyl (C=O) groups is 2. The predicted octanol–water partition coefficient (Wildman–Crippen LogP) is 4.18. The zero-order valence-electron chi connectivity index (χ0n) is 16.3. The molecule has 2 atom stereocenters. The minimum absolute atomic E-state index is 0.0844. The number of hydrogen-bond donors (Lipinski definition) is 0. The Bertz CT molecular complexity index is 1010. The molecule has 1 aliphatic rings. The lowest BCUT2D eigenvalue weighted by Gasteiger charge is -2.34. The summed E-state index contributed by atoms with van der Waals surface area (Å²) in [5.41, 5.74) is 1.53. The van der Waals surface area contributed by atoms with E-state index < -0.39 is 5.97 Å². The van der Waals surface area contributed by atoms with E-state index in [0.717, 1.165) is 46.8 Å². The second kappa shape index (κ2) is 7.66. The maximum atomic E-state index is 12.4. The molecule has 4 rings (SSSR count). The molecule has 3 aromatic rings. The normalized spacial score (nSPS) is 19.9. The lowest BCUT2D eigenvalue weighted by Crippen LogP contribution is -2.44. The van der Waals surface area contributed by atoms with Crippen molar-refractivity contribution in [1.82, 2.24) is 4.90 Å². The standard InChI is InChI=1S/C23H25NO4/c1-15-9-16(2)12-24(11-15)21(25)14-28-22(26)10-18-13-27-20-8-7-17-5-3-4-6-19(17)23(18)20/h3-8,13,15-16H,9-12,14H2,1-2H3/t15-,16+. The number of rotatable bonds is 4. The Morgan fingerprint density at radius 2 is 1.86 bits per heavy atom. The van der Waals surface area contributed by atoms with Gasteiger partial charge in [-0.05, 0) is 35.1 Å². The molecule has 28 heavy (non-hydrogen) atoms. The summed E-state index contributed by atoms with van der Waals surface area (Å²) < 4.78 is 10.9. The van der Waals surface area contributed by atoms with Crippen molar-refractivity contribution in [2.24, 2.45) is 11.8 Å². The zero-order chi connectivity index (χ0) is 19.7. The second-order valence-electron chi connectivity index (χ2n) is 8.00. The summed E-state index contributed by atoms with van der Waals surface area (Å²) in [7, 11) is 0. The third-order valence-corrected chi connectivity index (χ3v) is 5.45. The highest BCUT2D eigenvalue weighted by Gasteiger charge is 2.26. The fourth-order valence-electron chi connectivity index (χ4n) is 4.31. The quantitative estimate of drug-likeness (QED) is 0.638. The number of furan rings is 1. The van der Waals surface area contributed by atoms with Crippen LogP contribution in [0.4, 0.5) is 0 Å². The fraction of sp³-hybridized carbons (Fsp3) is 0.391. The van der Waals surface area contributed by atoms with Crippen LogP contribution in [0, 0.1) is 11.8 Å². The summed E-state index contributed by atoms with van der Waals surface area (Å²) >= 11 is 0. The molecule has 2 heterocycles. The van der Waals surface area contributed by atoms with Crippen LogP contribution in [0.3, 0.4) is 0 Å². The lowest BCUT2D eigenvalue weighted by molar-refractivity contribution is -0.152. The number of fused-ring (bicyclic) bond motifs is 3. The summed E-state index contributed by atoms with van der Waals surface area (Å²) in [5, 5.41) is 3.07. The van der Waals surface area contributed by atoms with Gasteiger partial charge in [0.1, 0.15) is 5.58 Å². The van der Waals surface area contributed by atoms with Crippen molar-refractivity contribution in [2.45, 2.75) is 26.7 Å². The summed E-state index contributed by atoms with van der Waals surface area (Å²) in [6.07, 6.45) is 2.82. The molecule has 5 heteroatoms. The van der Waals surface area contributed by atoms with Gasteiger partial charge in [0.2, 0.25) is 0 Å². The topological polar surface area (TPSA) is 59.8 Å². The van der Waals surface area contributed by atoms with E-state index in [1.807, 2.05) is 41.3 Å². The van der Waals surface area contributed by atoms with Crippen LogP contribution in [0.1, 0.15) is 25.8 Å². The van der Waals surface area contributed by atoms with Crippen molar-refractivity contribution < 1.29 is 18.7 Å². The molecule has 1 amide bonds. The van der Waals surface area contributed by atoms with Gasteiger partial charge in [-0.1, -0.05) is 44.2 Å². The SMILES string of the molecule is C[C@@H]1C[C@H](C)CN(C(=O)COC(=O)Cc2coc3ccc4ccccc4c23)C1. The van der Waals surface area contributed by atoms with E-state index in [9.17, 15) is 9.59 Å². The molecule has 146 valence electrons. The highest BCUT2D eigenvalue weighted by Crippen LogP contribution is 2.30. The molecule has 0 aliphatic carbocycles. The van der Waals surface area contributed by atoms with Gasteiger partial charge in [-0.25, -0.2) is 0 Å². The number of esters is 1. The number of hydrogen-bond acceptors (Lipinski definition) is 4. The third-order valence-electron chi connectivity index (χ3n) is 5.45. The van der Waals surface area contributed by atoms with Crippen LogP contribution in [0.25, 0.3) is 21.7 Å². The average Bonchev–Trinajstić information content (AvgIpc) is 3.08. The zero-order valence-corrected chi connectivity index (χ0v) is 16.3. The van der Waals surface area contributed by atoms with Crippen molar-refractivity contribution in [3.63, 3.8) is 0 Å². The highest BCUT2D eigenvalue weighted by molar-refractivity contribution is 6.08. The van der Waals surface area contributed by atoms with Crippen molar-refractivity contribution in [2.75, 3.05) is 19.7 Å². The van der Waals surface area contributed by atoms with Crippen LogP contribution in [-0.4, -0.2) is 36.5 Å². The van der Waals surface area contributed by atoms with E-state index in [1.165, 1.54) is 0 Å². The third kappa shape index (κ3) is 3.75. The van der Waals surface area contributed by atoms with E-state index >= 15 is 0 Å². The molecule has 0 N–H and O–H groups in total. The van der Waals surface area contributed by atoms with E-state index in [4.69, 9.17) is 9.15 Å². The van der Waals surface area contributed by atoms with E-state index in [-0.39, 0.29) is 18.9 Å². The molecule has 5 nitrogen and oxygen atoms in total. The minimum Gasteiger partial charge on any atom is -0.464 e. The Hall–Kier alpha value is -2.82. The number of amides is 1. The Labute approximate surface area is 164 Å². The van der Waals surface area contributed by atoms with Gasteiger partial charge < -0.3 is 14.1 Å². The smallest absolute Gasteiger partial charge is 0.310 e. The van der Waals surface area contributed by atoms with Gasteiger partial charge in [-0.2, -0.15) is 0 Å². The molecule has 0 saturated carbocycles. The Morgan fingerprint density at radius 3 is 2.64 bits per heavy atom. The maximum absolute atomic E-state index is 12.4. The van der Waals surface area contributed by atoms with Crippen molar-refractivity contribution in [3.8, 4) is 0 Å². The van der Waals surface area contributed by atoms with Crippen molar-refractivity contribution in [3.05, 3.63) is 48.2 Å². The van der Waals surface area contributed by atoms with Gasteiger partial charge in [0, 0.05) is 24.0 Å². The summed E-state index contributed by atoms with van der Waals surface area (Å²) in [4.78, 5) is 26.6. The van der Waals surface area contributed by atoms with Crippen LogP contribution in [0.5, 0.6) is 0 Å². The minimum atomic E-state index is -0.415. The largest absolute Gasteiger partial charge is 0.464 e. The van der Waals surface area contributed by atoms with E-state index in [1.54, 1.807) is 6.26 Å². The number of carbonyl (C=O) groups excluding carboxylic acids is 2. The monoisotopic (exact) mass is 379 g/mol. The molecule has 1 saturated heterocycles. The number of likely N-dealkylation sites (tertiary alicyclic amines) is 1.